The molecule has 0 saturated carbocycles. The van der Waals surface area contributed by atoms with E-state index in [2.05, 4.69) is 23.9 Å². The molecular formula is C24H27N5O3S. The zero-order valence-electron chi connectivity index (χ0n) is 19.6. The van der Waals surface area contributed by atoms with Crippen molar-refractivity contribution in [3.05, 3.63) is 46.8 Å². The first-order chi connectivity index (χ1) is 15.7. The summed E-state index contributed by atoms with van der Waals surface area (Å²) < 4.78 is 13.0. The van der Waals surface area contributed by atoms with E-state index in [-0.39, 0.29) is 11.4 Å². The lowest BCUT2D eigenvalue weighted by Gasteiger charge is -2.20. The van der Waals surface area contributed by atoms with Gasteiger partial charge in [-0.3, -0.25) is 10.2 Å². The number of methoxy groups -OCH3 is 2. The minimum atomic E-state index is -0.427. The molecule has 1 aromatic heterocycles. The number of ether oxygens (including phenoxy) is 2. The van der Waals surface area contributed by atoms with Crippen molar-refractivity contribution in [2.24, 2.45) is 16.0 Å². The average molecular weight is 466 g/mol. The summed E-state index contributed by atoms with van der Waals surface area (Å²) in [6.45, 7) is 8.17. The van der Waals surface area contributed by atoms with E-state index < -0.39 is 5.91 Å². The molecule has 1 amide bonds. The Balaban J connectivity index is 1.74. The van der Waals surface area contributed by atoms with E-state index in [1.165, 1.54) is 16.8 Å². The number of hydrogen-bond donors (Lipinski definition) is 1. The molecular weight excluding hydrogens is 438 g/mol. The van der Waals surface area contributed by atoms with E-state index in [1.54, 1.807) is 20.3 Å². The number of thioether (sulfide) groups is 1. The molecule has 0 aliphatic carbocycles. The Morgan fingerprint density at radius 2 is 1.94 bits per heavy atom. The van der Waals surface area contributed by atoms with Crippen molar-refractivity contribution in [3.8, 4) is 17.2 Å². The van der Waals surface area contributed by atoms with E-state index in [9.17, 15) is 4.79 Å². The summed E-state index contributed by atoms with van der Waals surface area (Å²) in [5.74, 6) is 1.46. The van der Waals surface area contributed by atoms with Crippen LogP contribution in [0.3, 0.4) is 0 Å². The van der Waals surface area contributed by atoms with E-state index in [0.29, 0.717) is 22.6 Å². The second-order valence-corrected chi connectivity index (χ2v) is 9.35. The number of fused-ring (bicyclic) bond motifs is 1. The highest BCUT2D eigenvalue weighted by Gasteiger charge is 2.35. The van der Waals surface area contributed by atoms with Crippen LogP contribution < -0.4 is 9.47 Å². The zero-order valence-corrected chi connectivity index (χ0v) is 20.4. The second kappa shape index (κ2) is 8.90. The SMILES string of the molecule is COc1ccc(OC)c(-n2c(C)cc(C=C3C(=N)N4N=C(CC(C)C)SC4=NC3=O)c2C)c1. The number of hydrogen-bond acceptors (Lipinski definition) is 6. The molecule has 2 aliphatic rings. The number of hydrazone groups is 1. The van der Waals surface area contributed by atoms with E-state index in [4.69, 9.17) is 14.9 Å². The Morgan fingerprint density at radius 3 is 2.61 bits per heavy atom. The van der Waals surface area contributed by atoms with Gasteiger partial charge in [-0.2, -0.15) is 15.1 Å². The monoisotopic (exact) mass is 465 g/mol. The molecule has 0 fully saturated rings. The van der Waals surface area contributed by atoms with Gasteiger partial charge in [0.05, 0.1) is 25.5 Å². The van der Waals surface area contributed by atoms with Crippen LogP contribution >= 0.6 is 11.8 Å². The van der Waals surface area contributed by atoms with Crippen LogP contribution in [0.5, 0.6) is 11.5 Å². The van der Waals surface area contributed by atoms with Crippen LogP contribution in [0.2, 0.25) is 0 Å². The maximum atomic E-state index is 12.8. The van der Waals surface area contributed by atoms with Gasteiger partial charge in [-0.25, -0.2) is 0 Å². The number of aromatic nitrogens is 1. The van der Waals surface area contributed by atoms with Crippen LogP contribution in [0.15, 0.2) is 39.9 Å². The van der Waals surface area contributed by atoms with Crippen LogP contribution in [0.25, 0.3) is 11.8 Å². The molecule has 9 heteroatoms. The van der Waals surface area contributed by atoms with Gasteiger partial charge in [0, 0.05) is 23.9 Å². The van der Waals surface area contributed by atoms with E-state index >= 15 is 0 Å². The number of amides is 1. The van der Waals surface area contributed by atoms with Crippen molar-refractivity contribution in [2.75, 3.05) is 14.2 Å². The fraction of sp³-hybridized carbons (Fsp3) is 0.333. The quantitative estimate of drug-likeness (QED) is 0.620. The van der Waals surface area contributed by atoms with Crippen LogP contribution in [-0.2, 0) is 4.79 Å². The van der Waals surface area contributed by atoms with Gasteiger partial charge in [-0.1, -0.05) is 13.8 Å². The number of rotatable bonds is 6. The molecule has 0 saturated heterocycles. The highest BCUT2D eigenvalue weighted by molar-refractivity contribution is 8.26. The molecule has 0 unspecified atom stereocenters. The predicted molar refractivity (Wildman–Crippen MR) is 133 cm³/mol. The van der Waals surface area contributed by atoms with Gasteiger partial charge < -0.3 is 14.0 Å². The van der Waals surface area contributed by atoms with Crippen molar-refractivity contribution in [3.63, 3.8) is 0 Å². The molecule has 8 nitrogen and oxygen atoms in total. The average Bonchev–Trinajstić information content (AvgIpc) is 3.29. The summed E-state index contributed by atoms with van der Waals surface area (Å²) in [4.78, 5) is 17.0. The van der Waals surface area contributed by atoms with Gasteiger partial charge in [0.25, 0.3) is 5.91 Å². The summed E-state index contributed by atoms with van der Waals surface area (Å²) in [6.07, 6.45) is 2.50. The third-order valence-corrected chi connectivity index (χ3v) is 6.41. The summed E-state index contributed by atoms with van der Waals surface area (Å²) in [5, 5.41) is 15.9. The molecule has 3 heterocycles. The molecule has 172 valence electrons. The molecule has 2 aliphatic heterocycles. The Labute approximate surface area is 197 Å². The maximum Gasteiger partial charge on any atom is 0.283 e. The van der Waals surface area contributed by atoms with Gasteiger partial charge in [-0.15, -0.1) is 0 Å². The fourth-order valence-electron chi connectivity index (χ4n) is 3.89. The van der Waals surface area contributed by atoms with Gasteiger partial charge in [0.15, 0.2) is 5.84 Å². The first-order valence-electron chi connectivity index (χ1n) is 10.6. The first-order valence-corrected chi connectivity index (χ1v) is 11.5. The lowest BCUT2D eigenvalue weighted by Crippen LogP contribution is -2.35. The Morgan fingerprint density at radius 1 is 1.18 bits per heavy atom. The molecule has 2 aromatic rings. The number of nitrogens with zero attached hydrogens (tertiary/aromatic N) is 4. The molecule has 0 atom stereocenters. The van der Waals surface area contributed by atoms with Crippen LogP contribution in [0.1, 0.15) is 37.2 Å². The number of nitrogens with one attached hydrogen (secondary N) is 1. The topological polar surface area (TPSA) is 92.3 Å². The minimum Gasteiger partial charge on any atom is -0.497 e. The van der Waals surface area contributed by atoms with E-state index in [1.807, 2.05) is 42.7 Å². The van der Waals surface area contributed by atoms with Gasteiger partial charge in [0.2, 0.25) is 5.17 Å². The zero-order chi connectivity index (χ0) is 23.9. The molecule has 0 spiro atoms. The lowest BCUT2D eigenvalue weighted by molar-refractivity contribution is -0.114. The Hall–Kier alpha value is -3.33. The summed E-state index contributed by atoms with van der Waals surface area (Å²) in [7, 11) is 3.25. The largest absolute Gasteiger partial charge is 0.497 e. The summed E-state index contributed by atoms with van der Waals surface area (Å²) in [6, 6.07) is 7.60. The van der Waals surface area contributed by atoms with Gasteiger partial charge in [-0.05, 0) is 61.4 Å². The Bertz CT molecular complexity index is 1240. The second-order valence-electron chi connectivity index (χ2n) is 8.31. The van der Waals surface area contributed by atoms with Crippen LogP contribution in [-0.4, -0.2) is 45.7 Å². The highest BCUT2D eigenvalue weighted by atomic mass is 32.2. The van der Waals surface area contributed by atoms with Gasteiger partial charge in [0.1, 0.15) is 16.5 Å². The Kier molecular flexibility index (Phi) is 6.16. The molecule has 33 heavy (non-hydrogen) atoms. The number of benzene rings is 1. The normalized spacial score (nSPS) is 16.9. The smallest absolute Gasteiger partial charge is 0.283 e. The maximum absolute atomic E-state index is 12.8. The van der Waals surface area contributed by atoms with Crippen molar-refractivity contribution < 1.29 is 14.3 Å². The number of amidine groups is 2. The number of carbonyl (C=O) groups is 1. The van der Waals surface area contributed by atoms with Crippen molar-refractivity contribution >= 4 is 39.8 Å². The summed E-state index contributed by atoms with van der Waals surface area (Å²) >= 11 is 1.36. The third kappa shape index (κ3) is 4.20. The predicted octanol–water partition coefficient (Wildman–Crippen LogP) is 4.78. The van der Waals surface area contributed by atoms with E-state index in [0.717, 1.165) is 34.1 Å². The standard InChI is InChI=1S/C24H27N5O3S/c1-13(2)9-21-27-29-22(25)18(23(30)26-24(29)33-21)11-16-10-14(3)28(15(16)4)19-12-17(31-5)7-8-20(19)32-6/h7-8,10-13,25H,9H2,1-6H3. The summed E-state index contributed by atoms with van der Waals surface area (Å²) in [5.41, 5.74) is 3.73. The third-order valence-electron chi connectivity index (χ3n) is 5.48. The molecule has 1 aromatic carbocycles. The van der Waals surface area contributed by atoms with Crippen molar-refractivity contribution in [1.82, 2.24) is 9.58 Å². The number of aryl methyl sites for hydroxylation is 1. The number of aliphatic imine (C=N–C) groups is 1. The van der Waals surface area contributed by atoms with Crippen molar-refractivity contribution in [2.45, 2.75) is 34.1 Å². The molecule has 0 bridgehead atoms. The molecule has 1 N–H and O–H groups in total. The lowest BCUT2D eigenvalue weighted by atomic mass is 10.1. The molecule has 4 rings (SSSR count). The fourth-order valence-corrected chi connectivity index (χ4v) is 4.99. The van der Waals surface area contributed by atoms with Crippen LogP contribution in [0.4, 0.5) is 0 Å². The highest BCUT2D eigenvalue weighted by Crippen LogP contribution is 2.34. The minimum absolute atomic E-state index is 0.0417. The molecule has 0 radical (unpaired) electrons. The first kappa shape index (κ1) is 22.8. The number of carbonyl (C=O) groups excluding carboxylic acids is 1. The van der Waals surface area contributed by atoms with Crippen molar-refractivity contribution in [1.29, 1.82) is 5.41 Å². The van der Waals surface area contributed by atoms with Crippen LogP contribution in [0, 0.1) is 25.2 Å². The van der Waals surface area contributed by atoms with Gasteiger partial charge >= 0.3 is 0 Å².